The normalized spacial score (nSPS) is 23.2. The SMILES string of the molecule is CC(=O)N[C@H]1CSCCC(=O)N2CN3CN(C2)C(=O)CCSC[C@H](NC(=O)[C@@H](CC(=O)O)NC(=O)[C@H](CCC(=O)O)NC(=O)[C@H](CC(C)C)NC(=O)[C@H](Cc2c[nH]c4ccccc24)NC(=O)[C@@H](CCC(N)=O)NC1=O)C(=O)N[C@@H](Cc1c[nH]c2ccccc12)C(=O)N[C@@H](CCCNC(=N)N)C(=O)NCC(=O)N[C@@H](Cc1ccc(F)cc1)C(=O)N[C@H](C(=O)O)CSCCC3=O. The molecule has 16 amide bonds. The standard InChI is InChI=1S/C82H108FN21O22S3/c1-43(2)29-56-74(118)94-55(19-21-69(111)112)73(117)99-60(33-70(113)114)78(122)100-62-38-128-27-23-67(109)103-40-102(66(108)22-26-127-37-61(91-44(3)105)79(123)95-54(18-20-64(84)106)72(116)97-59(77(121)96-56)32-47-35-89-52-12-7-5-10-50(47)52)41-104(42-103)68(110)24-28-129-39-63(81(125)126)101-75(119)57(30-45-14-16-48(83)17-15-45)92-65(107)36-90-71(115)53(13-8-25-87-82(85)86)93-76(120)58(98-80(62)124)31-46-34-88-51-11-6-4-9-49(46)51/h4-7,9-12,14-17,34-35,43,53-63,88-89H,8,13,18-33,36-42H2,1-3H3,(H2,84,106)(H,90,115)(H,91,105)(H,92,107)(H,93,120)(H,94,118)(H,95,123)(H,96,121)(H,97,116)(H,98,124)(H,99,117)(H,100,122)(H,101,119)(H,111,112)(H,113,114)(H,125,126)(H4,85,86,87)/t53-,54+,55-,56-,57-,58-,59-,60+,61-,62-,63-/m0/s1. The number of carboxylic acid groups (broad SMARTS) is 3. The first-order valence-electron chi connectivity index (χ1n) is 41.4. The molecule has 47 heteroatoms. The number of benzene rings is 3. The van der Waals surface area contributed by atoms with E-state index >= 15 is 19.2 Å². The van der Waals surface area contributed by atoms with E-state index in [2.05, 4.69) is 79.1 Å². The molecule has 5 aromatic rings. The summed E-state index contributed by atoms with van der Waals surface area (Å²) in [6, 6.07) is -1.04. The molecule has 0 aliphatic carbocycles. The van der Waals surface area contributed by atoms with E-state index in [1.165, 1.54) is 18.3 Å². The number of nitrogens with one attached hydrogen (secondary N) is 16. The highest BCUT2D eigenvalue weighted by atomic mass is 32.2. The Kier molecular flexibility index (Phi) is 39.2. The van der Waals surface area contributed by atoms with Crippen molar-refractivity contribution in [1.29, 1.82) is 5.41 Å². The summed E-state index contributed by atoms with van der Waals surface area (Å²) in [7, 11) is 0. The number of H-pyrrole nitrogens is 2. The second-order valence-electron chi connectivity index (χ2n) is 31.3. The molecular weight excluding hydrogens is 1750 g/mol. The molecule has 0 spiro atoms. The number of nitrogens with zero attached hydrogens (tertiary/aromatic N) is 3. The number of hydrogen-bond donors (Lipinski definition) is 21. The lowest BCUT2D eigenvalue weighted by molar-refractivity contribution is -0.158. The Morgan fingerprint density at radius 3 is 1.47 bits per heavy atom. The van der Waals surface area contributed by atoms with Gasteiger partial charge in [0.25, 0.3) is 0 Å². The third-order valence-electron chi connectivity index (χ3n) is 20.7. The van der Waals surface area contributed by atoms with Crippen LogP contribution in [0.25, 0.3) is 21.8 Å². The molecule has 0 saturated carbocycles. The van der Waals surface area contributed by atoms with Crippen molar-refractivity contribution < 1.29 is 111 Å². The van der Waals surface area contributed by atoms with Crippen LogP contribution in [0.15, 0.2) is 85.2 Å². The van der Waals surface area contributed by atoms with Crippen molar-refractivity contribution in [3.63, 3.8) is 0 Å². The van der Waals surface area contributed by atoms with Crippen LogP contribution in [0.4, 0.5) is 4.39 Å². The number of aromatic amines is 2. The van der Waals surface area contributed by atoms with Crippen LogP contribution in [0, 0.1) is 17.1 Å². The van der Waals surface area contributed by atoms with Crippen LogP contribution in [-0.4, -0.2) is 292 Å². The first-order valence-corrected chi connectivity index (χ1v) is 44.9. The van der Waals surface area contributed by atoms with Gasteiger partial charge in [-0.3, -0.25) is 91.7 Å². The number of hydrogen-bond acceptors (Lipinski definition) is 23. The van der Waals surface area contributed by atoms with Gasteiger partial charge >= 0.3 is 17.9 Å². The summed E-state index contributed by atoms with van der Waals surface area (Å²) in [5.41, 5.74) is 13.4. The first kappa shape index (κ1) is 101. The van der Waals surface area contributed by atoms with Crippen LogP contribution in [0.3, 0.4) is 0 Å². The van der Waals surface area contributed by atoms with E-state index in [1.807, 2.05) is 0 Å². The molecule has 3 aromatic carbocycles. The number of carbonyl (C=O) groups excluding carboxylic acids is 16. The van der Waals surface area contributed by atoms with Crippen LogP contribution in [0.2, 0.25) is 0 Å². The molecule has 23 N–H and O–H groups in total. The summed E-state index contributed by atoms with van der Waals surface area (Å²) in [5, 5.41) is 72.3. The predicted molar refractivity (Wildman–Crippen MR) is 469 cm³/mol. The van der Waals surface area contributed by atoms with Crippen molar-refractivity contribution in [1.82, 2.24) is 93.8 Å². The van der Waals surface area contributed by atoms with Gasteiger partial charge in [-0.15, -0.1) is 0 Å². The molecule has 5 heterocycles. The quantitative estimate of drug-likeness (QED) is 0.0187. The average molecular weight is 1860 g/mol. The largest absolute Gasteiger partial charge is 0.481 e. The summed E-state index contributed by atoms with van der Waals surface area (Å²) in [6.45, 7) is 2.06. The number of rotatable bonds is 22. The Bertz CT molecular complexity index is 4940. The summed E-state index contributed by atoms with van der Waals surface area (Å²) >= 11 is 2.69. The Morgan fingerprint density at radius 1 is 0.504 bits per heavy atom. The number of fused-ring (bicyclic) bond motifs is 9. The van der Waals surface area contributed by atoms with Crippen molar-refractivity contribution >= 4 is 175 Å². The minimum Gasteiger partial charge on any atom is -0.481 e. The van der Waals surface area contributed by atoms with Gasteiger partial charge in [0.05, 0.1) is 33.0 Å². The third-order valence-corrected chi connectivity index (χ3v) is 23.9. The molecule has 698 valence electrons. The molecule has 11 atom stereocenters. The highest BCUT2D eigenvalue weighted by Crippen LogP contribution is 2.24. The van der Waals surface area contributed by atoms with E-state index in [9.17, 15) is 91.6 Å². The Labute approximate surface area is 751 Å². The molecule has 129 heavy (non-hydrogen) atoms. The molecule has 3 fully saturated rings. The molecule has 3 saturated heterocycles. The number of aromatic nitrogens is 2. The Balaban J connectivity index is 1.22. The number of amides is 16. The molecule has 3 aliphatic rings. The Morgan fingerprint density at radius 2 is 0.953 bits per heavy atom. The topological polar surface area (TPSA) is 659 Å². The number of thioether (sulfide) groups is 3. The van der Waals surface area contributed by atoms with Crippen LogP contribution in [-0.2, 0) is 110 Å². The maximum absolute atomic E-state index is 15.5. The fourth-order valence-corrected chi connectivity index (χ4v) is 16.9. The van der Waals surface area contributed by atoms with E-state index in [-0.39, 0.29) is 80.1 Å². The first-order chi connectivity index (χ1) is 61.4. The van der Waals surface area contributed by atoms with E-state index in [1.54, 1.807) is 68.6 Å². The van der Waals surface area contributed by atoms with Gasteiger partial charge < -0.3 is 121 Å². The van der Waals surface area contributed by atoms with Gasteiger partial charge in [0.15, 0.2) is 5.96 Å². The fourth-order valence-electron chi connectivity index (χ4n) is 14.1. The molecule has 8 rings (SSSR count). The van der Waals surface area contributed by atoms with Crippen LogP contribution >= 0.6 is 35.3 Å². The van der Waals surface area contributed by atoms with E-state index < -0.39 is 280 Å². The predicted octanol–water partition coefficient (Wildman–Crippen LogP) is -2.95. The number of primary amides is 1. The van der Waals surface area contributed by atoms with Crippen molar-refractivity contribution in [3.8, 4) is 0 Å². The smallest absolute Gasteiger partial charge is 0.327 e. The van der Waals surface area contributed by atoms with E-state index in [0.717, 1.165) is 69.0 Å². The van der Waals surface area contributed by atoms with Gasteiger partial charge in [-0.25, -0.2) is 9.18 Å². The van der Waals surface area contributed by atoms with Crippen molar-refractivity contribution in [2.45, 2.75) is 177 Å². The number of carbonyl (C=O) groups is 19. The van der Waals surface area contributed by atoms with Gasteiger partial charge in [-0.05, 0) is 79.0 Å². The lowest BCUT2D eigenvalue weighted by Gasteiger charge is -2.42. The number of guanidine groups is 1. The molecular formula is C82H108FN21O22S3. The summed E-state index contributed by atoms with van der Waals surface area (Å²) in [5.74, 6) is -24.4. The fraction of sp³-hybridized carbons (Fsp3) is 0.488. The molecule has 3 aliphatic heterocycles. The van der Waals surface area contributed by atoms with Gasteiger partial charge in [0.2, 0.25) is 94.5 Å². The molecule has 0 unspecified atom stereocenters. The second kappa shape index (κ2) is 49.9. The third kappa shape index (κ3) is 32.6. The lowest BCUT2D eigenvalue weighted by atomic mass is 9.99. The summed E-state index contributed by atoms with van der Waals surface area (Å²) in [6.07, 6.45) is -3.72. The van der Waals surface area contributed by atoms with Crippen molar-refractivity contribution in [3.05, 3.63) is 108 Å². The Hall–Kier alpha value is -13.1. The van der Waals surface area contributed by atoms with Gasteiger partial charge in [-0.1, -0.05) is 62.4 Å². The monoisotopic (exact) mass is 1850 g/mol. The minimum atomic E-state index is -2.23. The number of nitrogens with two attached hydrogens (primary N) is 2. The maximum atomic E-state index is 15.5. The molecule has 43 nitrogen and oxygen atoms in total. The average Bonchev–Trinajstić information content (AvgIpc) is 1.64. The molecule has 4 bridgehead atoms. The van der Waals surface area contributed by atoms with Crippen LogP contribution in [0.1, 0.15) is 108 Å². The minimum absolute atomic E-state index is 0.0215. The van der Waals surface area contributed by atoms with Gasteiger partial charge in [0.1, 0.15) is 72.3 Å². The highest BCUT2D eigenvalue weighted by Gasteiger charge is 2.40. The summed E-state index contributed by atoms with van der Waals surface area (Å²) in [4.78, 5) is 280. The lowest BCUT2D eigenvalue weighted by Crippen LogP contribution is -2.61. The maximum Gasteiger partial charge on any atom is 0.327 e. The van der Waals surface area contributed by atoms with E-state index in [4.69, 9.17) is 16.9 Å². The highest BCUT2D eigenvalue weighted by molar-refractivity contribution is 7.99. The van der Waals surface area contributed by atoms with Crippen LogP contribution in [0.5, 0.6) is 0 Å². The van der Waals surface area contributed by atoms with Crippen LogP contribution < -0.4 is 80.6 Å². The molecule has 0 radical (unpaired) electrons. The number of carboxylic acids is 3. The second-order valence-corrected chi connectivity index (χ2v) is 34.7. The number of aliphatic carboxylic acids is 3. The zero-order valence-corrected chi connectivity index (χ0v) is 73.3. The zero-order valence-electron chi connectivity index (χ0n) is 70.9. The van der Waals surface area contributed by atoms with Crippen molar-refractivity contribution in [2.75, 3.05) is 67.6 Å². The number of para-hydroxylation sites is 2. The van der Waals surface area contributed by atoms with Gasteiger partial charge in [-0.2, -0.15) is 35.3 Å². The molecule has 2 aromatic heterocycles. The zero-order chi connectivity index (χ0) is 94.1. The summed E-state index contributed by atoms with van der Waals surface area (Å²) < 4.78 is 14.2. The number of halogens is 1. The van der Waals surface area contributed by atoms with E-state index in [0.29, 0.717) is 32.9 Å². The van der Waals surface area contributed by atoms with Gasteiger partial charge in [0, 0.05) is 134 Å². The van der Waals surface area contributed by atoms with Crippen molar-refractivity contribution in [2.24, 2.45) is 17.4 Å².